The van der Waals surface area contributed by atoms with Crippen molar-refractivity contribution in [2.45, 2.75) is 59.0 Å². The maximum absolute atomic E-state index is 13.1. The number of aryl methyl sites for hydroxylation is 1. The molecule has 37 heavy (non-hydrogen) atoms. The lowest BCUT2D eigenvalue weighted by Gasteiger charge is -2.34. The number of anilines is 4. The zero-order chi connectivity index (χ0) is 28.9. The molecule has 3 aromatic heterocycles. The first-order valence-electron chi connectivity index (χ1n) is 13.8. The molecule has 2 aliphatic rings. The van der Waals surface area contributed by atoms with Crippen LogP contribution in [0, 0.1) is 5.92 Å². The highest BCUT2D eigenvalue weighted by Gasteiger charge is 2.36. The smallest absolute Gasteiger partial charge is 0.228 e. The first kappa shape index (κ1) is 21.1. The molecule has 194 valence electrons. The predicted molar refractivity (Wildman–Crippen MR) is 140 cm³/mol. The van der Waals surface area contributed by atoms with Crippen molar-refractivity contribution < 1.29 is 18.4 Å². The minimum absolute atomic E-state index is 0.0476. The highest BCUT2D eigenvalue weighted by atomic mass is 16.5. The molecule has 1 aliphatic carbocycles. The van der Waals surface area contributed by atoms with Gasteiger partial charge >= 0.3 is 0 Å². The molecule has 0 unspecified atom stereocenters. The molecule has 1 fully saturated rings. The standard InChI is InChI=1S/C26H32N8O3/c1-7-18(35)16-11-27-20(30-26(36)15-8-9-15)10-17(16)29-25-24-21(19(12-28-25)37-13(2)3)23-22(14(4)33(24)5)31-34(6)32-23/h10-15H,7-9H2,1-6H3,(H2,27,28,29,30,36)/t14-/m0/s1/i1D3. The van der Waals surface area contributed by atoms with Gasteiger partial charge in [0.2, 0.25) is 5.91 Å². The van der Waals surface area contributed by atoms with Crippen molar-refractivity contribution in [3.8, 4) is 17.0 Å². The number of Topliss-reactive ketones (excluding diaryl/α,β-unsaturated/α-hetero) is 1. The van der Waals surface area contributed by atoms with Gasteiger partial charge in [-0.05, 0) is 33.6 Å². The summed E-state index contributed by atoms with van der Waals surface area (Å²) >= 11 is 0. The van der Waals surface area contributed by atoms with E-state index in [9.17, 15) is 9.59 Å². The van der Waals surface area contributed by atoms with Crippen LogP contribution < -0.4 is 20.3 Å². The van der Waals surface area contributed by atoms with E-state index >= 15 is 0 Å². The average molecular weight is 508 g/mol. The third kappa shape index (κ3) is 4.61. The van der Waals surface area contributed by atoms with Gasteiger partial charge in [0, 0.05) is 42.8 Å². The Labute approximate surface area is 219 Å². The van der Waals surface area contributed by atoms with Crippen molar-refractivity contribution in [3.63, 3.8) is 0 Å². The van der Waals surface area contributed by atoms with Crippen LogP contribution in [0.1, 0.15) is 73.1 Å². The molecule has 0 saturated heterocycles. The molecule has 1 saturated carbocycles. The summed E-state index contributed by atoms with van der Waals surface area (Å²) < 4.78 is 28.9. The molecule has 0 aromatic carbocycles. The van der Waals surface area contributed by atoms with Gasteiger partial charge in [-0.2, -0.15) is 15.0 Å². The van der Waals surface area contributed by atoms with Crippen LogP contribution in [0.25, 0.3) is 11.3 Å². The Morgan fingerprint density at radius 2 is 2.00 bits per heavy atom. The van der Waals surface area contributed by atoms with Gasteiger partial charge < -0.3 is 20.3 Å². The zero-order valence-corrected chi connectivity index (χ0v) is 21.5. The van der Waals surface area contributed by atoms with Crippen molar-refractivity contribution in [2.24, 2.45) is 13.0 Å². The van der Waals surface area contributed by atoms with E-state index in [4.69, 9.17) is 8.85 Å². The normalized spacial score (nSPS) is 17.8. The molecule has 11 heteroatoms. The number of ketones is 1. The number of hydrogen-bond donors (Lipinski definition) is 2. The fourth-order valence-corrected chi connectivity index (χ4v) is 4.40. The quantitative estimate of drug-likeness (QED) is 0.430. The fraction of sp³-hybridized carbons (Fsp3) is 0.462. The summed E-state index contributed by atoms with van der Waals surface area (Å²) in [5, 5.41) is 15.2. The number of hydrogen-bond acceptors (Lipinski definition) is 9. The van der Waals surface area contributed by atoms with Crippen molar-refractivity contribution in [2.75, 3.05) is 22.6 Å². The average Bonchev–Trinajstić information content (AvgIpc) is 3.63. The van der Waals surface area contributed by atoms with Gasteiger partial charge in [0.1, 0.15) is 23.0 Å². The summed E-state index contributed by atoms with van der Waals surface area (Å²) in [6.45, 7) is 3.38. The molecular formula is C26H32N8O3. The van der Waals surface area contributed by atoms with Gasteiger partial charge in [0.15, 0.2) is 11.6 Å². The molecule has 3 aromatic rings. The number of nitrogens with one attached hydrogen (secondary N) is 2. The highest BCUT2D eigenvalue weighted by Crippen LogP contribution is 2.50. The summed E-state index contributed by atoms with van der Waals surface area (Å²) in [7, 11) is 3.66. The zero-order valence-electron chi connectivity index (χ0n) is 24.5. The second kappa shape index (κ2) is 9.45. The monoisotopic (exact) mass is 507 g/mol. The van der Waals surface area contributed by atoms with Crippen LogP contribution in [0.5, 0.6) is 5.75 Å². The summed E-state index contributed by atoms with van der Waals surface area (Å²) in [6, 6.07) is 1.37. The molecule has 1 atom stereocenters. The maximum Gasteiger partial charge on any atom is 0.228 e. The Morgan fingerprint density at radius 1 is 1.22 bits per heavy atom. The number of ether oxygens (including phenoxy) is 1. The molecule has 0 spiro atoms. The van der Waals surface area contributed by atoms with Crippen molar-refractivity contribution in [1.29, 1.82) is 0 Å². The Hall–Kier alpha value is -4.02. The van der Waals surface area contributed by atoms with Gasteiger partial charge in [-0.3, -0.25) is 9.59 Å². The molecule has 4 heterocycles. The predicted octanol–water partition coefficient (Wildman–Crippen LogP) is 4.25. The third-order valence-corrected chi connectivity index (χ3v) is 6.50. The molecule has 2 N–H and O–H groups in total. The summed E-state index contributed by atoms with van der Waals surface area (Å²) in [5.74, 6) is 0.369. The maximum atomic E-state index is 13.1. The topological polar surface area (TPSA) is 127 Å². The van der Waals surface area contributed by atoms with Gasteiger partial charge in [0.25, 0.3) is 0 Å². The first-order valence-corrected chi connectivity index (χ1v) is 12.3. The Morgan fingerprint density at radius 3 is 2.70 bits per heavy atom. The van der Waals surface area contributed by atoms with Crippen LogP contribution in [0.15, 0.2) is 18.5 Å². The van der Waals surface area contributed by atoms with E-state index in [0.717, 1.165) is 18.5 Å². The second-order valence-electron chi connectivity index (χ2n) is 9.68. The van der Waals surface area contributed by atoms with Gasteiger partial charge in [-0.25, -0.2) is 9.97 Å². The number of nitrogens with zero attached hydrogens (tertiary/aromatic N) is 6. The Balaban J connectivity index is 1.62. The number of aromatic nitrogens is 5. The van der Waals surface area contributed by atoms with Gasteiger partial charge in [-0.15, -0.1) is 0 Å². The van der Waals surface area contributed by atoms with E-state index in [-0.39, 0.29) is 41.0 Å². The van der Waals surface area contributed by atoms with Crippen molar-refractivity contribution in [3.05, 3.63) is 29.7 Å². The van der Waals surface area contributed by atoms with E-state index < -0.39 is 19.1 Å². The number of amides is 1. The van der Waals surface area contributed by atoms with E-state index in [1.165, 1.54) is 17.1 Å². The van der Waals surface area contributed by atoms with Crippen LogP contribution in [-0.4, -0.2) is 49.8 Å². The number of rotatable bonds is 8. The van der Waals surface area contributed by atoms with Gasteiger partial charge in [0.05, 0.1) is 40.8 Å². The summed E-state index contributed by atoms with van der Waals surface area (Å²) in [6.07, 6.45) is 3.73. The Kier molecular flexibility index (Phi) is 5.39. The number of pyridine rings is 2. The van der Waals surface area contributed by atoms with Crippen LogP contribution in [-0.2, 0) is 11.8 Å². The lowest BCUT2D eigenvalue weighted by Crippen LogP contribution is -2.28. The van der Waals surface area contributed by atoms with Gasteiger partial charge in [-0.1, -0.05) is 6.85 Å². The van der Waals surface area contributed by atoms with Crippen LogP contribution >= 0.6 is 0 Å². The second-order valence-corrected chi connectivity index (χ2v) is 9.68. The first-order chi connectivity index (χ1) is 18.8. The number of carbonyl (C=O) groups is 2. The van der Waals surface area contributed by atoms with Crippen LogP contribution in [0.4, 0.5) is 23.0 Å². The molecule has 0 radical (unpaired) electrons. The lowest BCUT2D eigenvalue weighted by atomic mass is 9.97. The minimum atomic E-state index is -2.46. The van der Waals surface area contributed by atoms with Crippen LogP contribution in [0.3, 0.4) is 0 Å². The SMILES string of the molecule is [2H]C([2H])([2H])CC(=O)c1cnc(NC(=O)C2CC2)cc1Nc1ncc(OC(C)C)c2c1N(C)[C@@H](C)c1nn(C)nc1-2. The molecule has 5 rings (SSSR count). The molecule has 1 aliphatic heterocycles. The Bertz CT molecular complexity index is 1480. The van der Waals surface area contributed by atoms with Crippen molar-refractivity contribution >= 4 is 34.7 Å². The van der Waals surface area contributed by atoms with E-state index in [2.05, 4.69) is 30.8 Å². The number of carbonyl (C=O) groups excluding carboxylic acids is 2. The molecule has 1 amide bonds. The molecule has 0 bridgehead atoms. The highest BCUT2D eigenvalue weighted by molar-refractivity contribution is 6.03. The minimum Gasteiger partial charge on any atom is -0.489 e. The van der Waals surface area contributed by atoms with Crippen LogP contribution in [0.2, 0.25) is 0 Å². The fourth-order valence-electron chi connectivity index (χ4n) is 4.40. The van der Waals surface area contributed by atoms with E-state index in [1.807, 2.05) is 32.7 Å². The van der Waals surface area contributed by atoms with Crippen molar-refractivity contribution in [1.82, 2.24) is 25.0 Å². The summed E-state index contributed by atoms with van der Waals surface area (Å²) in [5.41, 5.74) is 3.16. The summed E-state index contributed by atoms with van der Waals surface area (Å²) in [4.78, 5) is 37.9. The third-order valence-electron chi connectivity index (χ3n) is 6.50. The molecule has 11 nitrogen and oxygen atoms in total. The van der Waals surface area contributed by atoms with E-state index in [1.54, 1.807) is 13.2 Å². The van der Waals surface area contributed by atoms with E-state index in [0.29, 0.717) is 28.5 Å². The number of fused-ring (bicyclic) bond motifs is 3. The lowest BCUT2D eigenvalue weighted by molar-refractivity contribution is -0.117. The molecular weight excluding hydrogens is 472 g/mol. The largest absolute Gasteiger partial charge is 0.489 e.